The van der Waals surface area contributed by atoms with Gasteiger partial charge in [0.15, 0.2) is 0 Å². The van der Waals surface area contributed by atoms with E-state index in [1.807, 2.05) is 13.8 Å². The molecular formula is C12H17N7O. The van der Waals surface area contributed by atoms with Crippen LogP contribution in [0.1, 0.15) is 20.3 Å². The van der Waals surface area contributed by atoms with Crippen molar-refractivity contribution in [2.24, 2.45) is 5.41 Å². The average molecular weight is 275 g/mol. The predicted octanol–water partition coefficient (Wildman–Crippen LogP) is 0.211. The largest absolute Gasteiger partial charge is 0.392 e. The predicted molar refractivity (Wildman–Crippen MR) is 73.2 cm³/mol. The van der Waals surface area contributed by atoms with Crippen molar-refractivity contribution in [3.05, 3.63) is 18.5 Å². The van der Waals surface area contributed by atoms with Gasteiger partial charge in [-0.1, -0.05) is 13.8 Å². The van der Waals surface area contributed by atoms with Gasteiger partial charge >= 0.3 is 0 Å². The fourth-order valence-corrected chi connectivity index (χ4v) is 2.24. The van der Waals surface area contributed by atoms with Crippen molar-refractivity contribution in [2.75, 3.05) is 11.1 Å². The molecule has 0 amide bonds. The molecular weight excluding hydrogens is 258 g/mol. The number of rotatable bonds is 3. The molecule has 0 spiro atoms. The molecule has 2 aromatic heterocycles. The Bertz CT molecular complexity index is 610. The highest BCUT2D eigenvalue weighted by molar-refractivity contribution is 5.37. The van der Waals surface area contributed by atoms with Crippen LogP contribution in [0.4, 0.5) is 11.9 Å². The molecule has 4 N–H and O–H groups in total. The maximum absolute atomic E-state index is 9.75. The Morgan fingerprint density at radius 3 is 2.80 bits per heavy atom. The van der Waals surface area contributed by atoms with Crippen molar-refractivity contribution in [1.82, 2.24) is 24.7 Å². The fraction of sp³-hybridized carbons (Fsp3) is 0.500. The number of nitrogen functional groups attached to an aromatic ring is 1. The molecule has 0 saturated heterocycles. The smallest absolute Gasteiger partial charge is 0.257 e. The Balaban J connectivity index is 1.84. The summed E-state index contributed by atoms with van der Waals surface area (Å²) in [6.07, 6.45) is 3.72. The van der Waals surface area contributed by atoms with E-state index in [0.29, 0.717) is 18.3 Å². The molecule has 8 heteroatoms. The number of hydrogen-bond donors (Lipinski definition) is 3. The van der Waals surface area contributed by atoms with Gasteiger partial charge < -0.3 is 16.2 Å². The zero-order valence-corrected chi connectivity index (χ0v) is 11.4. The Morgan fingerprint density at radius 1 is 1.40 bits per heavy atom. The minimum absolute atomic E-state index is 0.102. The summed E-state index contributed by atoms with van der Waals surface area (Å²) >= 11 is 0. The van der Waals surface area contributed by atoms with Crippen LogP contribution in [0, 0.1) is 5.41 Å². The van der Waals surface area contributed by atoms with Crippen LogP contribution in [0.5, 0.6) is 0 Å². The van der Waals surface area contributed by atoms with Crippen molar-refractivity contribution in [2.45, 2.75) is 32.4 Å². The van der Waals surface area contributed by atoms with Crippen LogP contribution in [0.15, 0.2) is 18.5 Å². The monoisotopic (exact) mass is 275 g/mol. The molecule has 0 aromatic carbocycles. The van der Waals surface area contributed by atoms with Crippen molar-refractivity contribution >= 4 is 11.9 Å². The van der Waals surface area contributed by atoms with E-state index in [9.17, 15) is 5.11 Å². The summed E-state index contributed by atoms with van der Waals surface area (Å²) in [4.78, 5) is 12.4. The van der Waals surface area contributed by atoms with Crippen LogP contribution < -0.4 is 11.1 Å². The van der Waals surface area contributed by atoms with Gasteiger partial charge in [0, 0.05) is 23.9 Å². The number of aromatic nitrogens is 5. The van der Waals surface area contributed by atoms with Crippen molar-refractivity contribution in [1.29, 1.82) is 0 Å². The second-order valence-corrected chi connectivity index (χ2v) is 5.54. The Hall–Kier alpha value is -2.22. The van der Waals surface area contributed by atoms with Crippen LogP contribution in [-0.4, -0.2) is 42.0 Å². The second kappa shape index (κ2) is 4.41. The molecule has 1 fully saturated rings. The molecule has 0 bridgehead atoms. The number of aliphatic hydroxyl groups is 1. The molecule has 8 nitrogen and oxygen atoms in total. The minimum atomic E-state index is -0.315. The Labute approximate surface area is 116 Å². The summed E-state index contributed by atoms with van der Waals surface area (Å²) in [6, 6.07) is 1.88. The first-order valence-corrected chi connectivity index (χ1v) is 6.43. The highest BCUT2D eigenvalue weighted by atomic mass is 16.3. The third-order valence-corrected chi connectivity index (χ3v) is 3.87. The molecule has 2 unspecified atom stereocenters. The summed E-state index contributed by atoms with van der Waals surface area (Å²) in [5, 5.41) is 17.0. The van der Waals surface area contributed by atoms with Crippen LogP contribution >= 0.6 is 0 Å². The van der Waals surface area contributed by atoms with Crippen LogP contribution in [0.25, 0.3) is 5.95 Å². The average Bonchev–Trinajstić information content (AvgIpc) is 2.91. The maximum Gasteiger partial charge on any atom is 0.257 e. The molecule has 20 heavy (non-hydrogen) atoms. The molecule has 0 radical (unpaired) electrons. The van der Waals surface area contributed by atoms with Crippen LogP contribution in [-0.2, 0) is 0 Å². The lowest BCUT2D eigenvalue weighted by atomic mass is 9.65. The topological polar surface area (TPSA) is 115 Å². The number of nitrogens with zero attached hydrogens (tertiary/aromatic N) is 5. The first-order valence-electron chi connectivity index (χ1n) is 6.43. The summed E-state index contributed by atoms with van der Waals surface area (Å²) in [5.41, 5.74) is 5.49. The summed E-state index contributed by atoms with van der Waals surface area (Å²) in [6.45, 7) is 4.00. The summed E-state index contributed by atoms with van der Waals surface area (Å²) in [7, 11) is 0. The SMILES string of the molecule is CC1(C)C(O)CC1Nc1nc(N)nc(-n2cccn2)n1. The number of nitrogens with one attached hydrogen (secondary N) is 1. The van der Waals surface area contributed by atoms with Crippen molar-refractivity contribution < 1.29 is 5.11 Å². The van der Waals surface area contributed by atoms with Crippen LogP contribution in [0.2, 0.25) is 0 Å². The van der Waals surface area contributed by atoms with Crippen molar-refractivity contribution in [3.8, 4) is 5.95 Å². The van der Waals surface area contributed by atoms with Gasteiger partial charge in [-0.3, -0.25) is 0 Å². The zero-order chi connectivity index (χ0) is 14.3. The molecule has 2 aromatic rings. The molecule has 0 aliphatic heterocycles. The van der Waals surface area contributed by atoms with Gasteiger partial charge in [0.1, 0.15) is 0 Å². The number of aliphatic hydroxyl groups excluding tert-OH is 1. The molecule has 1 aliphatic rings. The van der Waals surface area contributed by atoms with Gasteiger partial charge in [-0.2, -0.15) is 20.1 Å². The lowest BCUT2D eigenvalue weighted by Gasteiger charge is -2.49. The van der Waals surface area contributed by atoms with Gasteiger partial charge in [0.25, 0.3) is 5.95 Å². The lowest BCUT2D eigenvalue weighted by molar-refractivity contribution is -0.0512. The summed E-state index contributed by atoms with van der Waals surface area (Å²) in [5.74, 6) is 0.890. The quantitative estimate of drug-likeness (QED) is 0.733. The molecule has 2 heterocycles. The van der Waals surface area contributed by atoms with E-state index in [0.717, 1.165) is 0 Å². The third kappa shape index (κ3) is 2.07. The molecule has 1 aliphatic carbocycles. The highest BCUT2D eigenvalue weighted by Crippen LogP contribution is 2.41. The van der Waals surface area contributed by atoms with Gasteiger partial charge in [-0.15, -0.1) is 0 Å². The van der Waals surface area contributed by atoms with Crippen molar-refractivity contribution in [3.63, 3.8) is 0 Å². The number of hydrogen-bond acceptors (Lipinski definition) is 7. The molecule has 1 saturated carbocycles. The lowest BCUT2D eigenvalue weighted by Crippen LogP contribution is -2.57. The van der Waals surface area contributed by atoms with E-state index in [1.165, 1.54) is 4.68 Å². The summed E-state index contributed by atoms with van der Waals surface area (Å²) < 4.78 is 1.52. The van der Waals surface area contributed by atoms with Crippen LogP contribution in [0.3, 0.4) is 0 Å². The van der Waals surface area contributed by atoms with Gasteiger partial charge in [0.2, 0.25) is 11.9 Å². The van der Waals surface area contributed by atoms with E-state index < -0.39 is 0 Å². The van der Waals surface area contributed by atoms with E-state index in [4.69, 9.17) is 5.73 Å². The van der Waals surface area contributed by atoms with Gasteiger partial charge in [0.05, 0.1) is 6.10 Å². The van der Waals surface area contributed by atoms with E-state index >= 15 is 0 Å². The highest BCUT2D eigenvalue weighted by Gasteiger charge is 2.47. The maximum atomic E-state index is 9.75. The van der Waals surface area contributed by atoms with Gasteiger partial charge in [-0.25, -0.2) is 4.68 Å². The molecule has 106 valence electrons. The number of nitrogens with two attached hydrogens (primary N) is 1. The first-order chi connectivity index (χ1) is 9.46. The Kier molecular flexibility index (Phi) is 2.82. The molecule has 2 atom stereocenters. The number of anilines is 2. The molecule has 3 rings (SSSR count). The minimum Gasteiger partial charge on any atom is -0.392 e. The Morgan fingerprint density at radius 2 is 2.20 bits per heavy atom. The first kappa shape index (κ1) is 12.8. The van der Waals surface area contributed by atoms with Gasteiger partial charge in [-0.05, 0) is 12.5 Å². The second-order valence-electron chi connectivity index (χ2n) is 5.54. The van der Waals surface area contributed by atoms with E-state index in [2.05, 4.69) is 25.4 Å². The van der Waals surface area contributed by atoms with E-state index in [-0.39, 0.29) is 23.5 Å². The zero-order valence-electron chi connectivity index (χ0n) is 11.4. The normalized spacial score (nSPS) is 24.1. The third-order valence-electron chi connectivity index (χ3n) is 3.87. The fourth-order valence-electron chi connectivity index (χ4n) is 2.24. The standard InChI is InChI=1S/C12H17N7O/c1-12(2)7(6-8(12)20)15-10-16-9(13)17-11(18-10)19-5-3-4-14-19/h3-5,7-8,20H,6H2,1-2H3,(H3,13,15,16,17,18). The van der Waals surface area contributed by atoms with E-state index in [1.54, 1.807) is 18.5 Å².